The van der Waals surface area contributed by atoms with E-state index in [1.54, 1.807) is 22.5 Å². The van der Waals surface area contributed by atoms with Gasteiger partial charge in [0.15, 0.2) is 5.76 Å². The maximum absolute atomic E-state index is 13.1. The van der Waals surface area contributed by atoms with Crippen molar-refractivity contribution in [3.05, 3.63) is 29.5 Å². The van der Waals surface area contributed by atoms with Gasteiger partial charge in [-0.15, -0.1) is 0 Å². The Morgan fingerprint density at radius 1 is 1.07 bits per heavy atom. The molecule has 6 nitrogen and oxygen atoms in total. The van der Waals surface area contributed by atoms with Crippen molar-refractivity contribution in [3.63, 3.8) is 0 Å². The van der Waals surface area contributed by atoms with Crippen LogP contribution in [0, 0.1) is 12.8 Å². The first kappa shape index (κ1) is 20.4. The standard InChI is InChI=1S/C22H30N2O4S/c1-16-8-7-13-24(15-16)29(26,27)18-9-10-20-19(14-18)17(2)21(28-20)22(25)23-11-5-3-4-6-12-23/h9-10,14,16H,3-8,11-13,15H2,1-2H3. The molecule has 2 aromatic rings. The Morgan fingerprint density at radius 3 is 2.48 bits per heavy atom. The van der Waals surface area contributed by atoms with Crippen LogP contribution in [0.2, 0.25) is 0 Å². The number of carbonyl (C=O) groups excluding carboxylic acids is 1. The van der Waals surface area contributed by atoms with E-state index in [1.807, 2.05) is 11.8 Å². The molecule has 3 heterocycles. The van der Waals surface area contributed by atoms with E-state index in [4.69, 9.17) is 4.42 Å². The molecule has 0 aliphatic carbocycles. The van der Waals surface area contributed by atoms with Gasteiger partial charge >= 0.3 is 0 Å². The van der Waals surface area contributed by atoms with Crippen LogP contribution in [0.4, 0.5) is 0 Å². The summed E-state index contributed by atoms with van der Waals surface area (Å²) in [5.74, 6) is 0.619. The van der Waals surface area contributed by atoms with Gasteiger partial charge in [-0.2, -0.15) is 4.31 Å². The van der Waals surface area contributed by atoms with Gasteiger partial charge in [-0.1, -0.05) is 19.8 Å². The summed E-state index contributed by atoms with van der Waals surface area (Å²) in [6.07, 6.45) is 6.29. The normalized spacial score (nSPS) is 22.0. The van der Waals surface area contributed by atoms with E-state index in [-0.39, 0.29) is 10.8 Å². The number of nitrogens with zero attached hydrogens (tertiary/aromatic N) is 2. The van der Waals surface area contributed by atoms with Crippen LogP contribution in [0.25, 0.3) is 11.0 Å². The average molecular weight is 419 g/mol. The number of sulfonamides is 1. The van der Waals surface area contributed by atoms with E-state index in [0.717, 1.165) is 57.2 Å². The molecule has 1 amide bonds. The summed E-state index contributed by atoms with van der Waals surface area (Å²) >= 11 is 0. The average Bonchev–Trinajstić information content (AvgIpc) is 2.88. The van der Waals surface area contributed by atoms with Crippen LogP contribution in [0.1, 0.15) is 61.6 Å². The van der Waals surface area contributed by atoms with E-state index in [0.29, 0.717) is 35.7 Å². The molecule has 2 aliphatic heterocycles. The number of benzene rings is 1. The smallest absolute Gasteiger partial charge is 0.289 e. The highest BCUT2D eigenvalue weighted by Gasteiger charge is 2.30. The van der Waals surface area contributed by atoms with Crippen molar-refractivity contribution in [2.75, 3.05) is 26.2 Å². The second-order valence-corrected chi connectivity index (χ2v) is 10.5. The quantitative estimate of drug-likeness (QED) is 0.750. The monoisotopic (exact) mass is 418 g/mol. The van der Waals surface area contributed by atoms with Crippen LogP contribution in [0.5, 0.6) is 0 Å². The Labute approximate surface area is 172 Å². The number of fused-ring (bicyclic) bond motifs is 1. The third-order valence-corrected chi connectivity index (χ3v) is 8.11. The number of hydrogen-bond donors (Lipinski definition) is 0. The molecule has 1 aromatic carbocycles. The maximum Gasteiger partial charge on any atom is 0.289 e. The first-order chi connectivity index (χ1) is 13.9. The lowest BCUT2D eigenvalue weighted by molar-refractivity contribution is 0.0731. The molecule has 1 unspecified atom stereocenters. The van der Waals surface area contributed by atoms with Crippen LogP contribution in [0.3, 0.4) is 0 Å². The largest absolute Gasteiger partial charge is 0.451 e. The summed E-state index contributed by atoms with van der Waals surface area (Å²) in [7, 11) is -3.54. The minimum absolute atomic E-state index is 0.0881. The first-order valence-electron chi connectivity index (χ1n) is 10.7. The highest BCUT2D eigenvalue weighted by Crippen LogP contribution is 2.31. The van der Waals surface area contributed by atoms with E-state index in [9.17, 15) is 13.2 Å². The Bertz CT molecular complexity index is 1000. The Kier molecular flexibility index (Phi) is 5.71. The number of amides is 1. The van der Waals surface area contributed by atoms with Gasteiger partial charge in [-0.3, -0.25) is 4.79 Å². The Morgan fingerprint density at radius 2 is 1.79 bits per heavy atom. The lowest BCUT2D eigenvalue weighted by atomic mass is 10.0. The number of piperidine rings is 1. The van der Waals surface area contributed by atoms with Crippen molar-refractivity contribution in [3.8, 4) is 0 Å². The summed E-state index contributed by atoms with van der Waals surface area (Å²) in [4.78, 5) is 15.2. The minimum Gasteiger partial charge on any atom is -0.451 e. The lowest BCUT2D eigenvalue weighted by Crippen LogP contribution is -2.39. The molecule has 4 rings (SSSR count). The fraction of sp³-hybridized carbons (Fsp3) is 0.591. The van der Waals surface area contributed by atoms with Crippen LogP contribution in [-0.2, 0) is 10.0 Å². The molecular formula is C22H30N2O4S. The molecule has 2 aliphatic rings. The van der Waals surface area contributed by atoms with Crippen molar-refractivity contribution in [1.82, 2.24) is 9.21 Å². The fourth-order valence-electron chi connectivity index (χ4n) is 4.50. The van der Waals surface area contributed by atoms with E-state index in [1.165, 1.54) is 0 Å². The third-order valence-electron chi connectivity index (χ3n) is 6.25. The fourth-order valence-corrected chi connectivity index (χ4v) is 6.12. The van der Waals surface area contributed by atoms with Gasteiger partial charge in [0, 0.05) is 37.1 Å². The zero-order valence-corrected chi connectivity index (χ0v) is 18.1. The van der Waals surface area contributed by atoms with Crippen LogP contribution in [0.15, 0.2) is 27.5 Å². The molecule has 29 heavy (non-hydrogen) atoms. The molecular weight excluding hydrogens is 388 g/mol. The van der Waals surface area contributed by atoms with E-state index >= 15 is 0 Å². The Hall–Kier alpha value is -1.86. The SMILES string of the molecule is Cc1c(C(=O)N2CCCCCC2)oc2ccc(S(=O)(=O)N3CCCC(C)C3)cc12. The Balaban J connectivity index is 1.66. The maximum atomic E-state index is 13.1. The molecule has 0 radical (unpaired) electrons. The van der Waals surface area contributed by atoms with Crippen molar-refractivity contribution in [2.45, 2.75) is 57.3 Å². The number of aryl methyl sites for hydroxylation is 1. The molecule has 0 saturated carbocycles. The summed E-state index contributed by atoms with van der Waals surface area (Å²) < 4.78 is 33.7. The van der Waals surface area contributed by atoms with E-state index < -0.39 is 10.0 Å². The number of likely N-dealkylation sites (tertiary alicyclic amines) is 1. The second-order valence-electron chi connectivity index (χ2n) is 8.53. The van der Waals surface area contributed by atoms with Gasteiger partial charge in [0.25, 0.3) is 5.91 Å². The highest BCUT2D eigenvalue weighted by atomic mass is 32.2. The van der Waals surface area contributed by atoms with Gasteiger partial charge in [-0.05, 0) is 56.7 Å². The zero-order chi connectivity index (χ0) is 20.6. The summed E-state index contributed by atoms with van der Waals surface area (Å²) in [6.45, 7) is 6.56. The van der Waals surface area contributed by atoms with Crippen LogP contribution >= 0.6 is 0 Å². The molecule has 0 bridgehead atoms. The minimum atomic E-state index is -3.54. The first-order valence-corrected chi connectivity index (χ1v) is 12.1. The molecule has 1 atom stereocenters. The predicted molar refractivity (Wildman–Crippen MR) is 112 cm³/mol. The topological polar surface area (TPSA) is 70.8 Å². The number of furan rings is 1. The van der Waals surface area contributed by atoms with Gasteiger partial charge in [-0.25, -0.2) is 8.42 Å². The summed E-state index contributed by atoms with van der Waals surface area (Å²) in [5.41, 5.74) is 1.28. The van der Waals surface area contributed by atoms with Crippen LogP contribution < -0.4 is 0 Å². The number of carbonyl (C=O) groups is 1. The summed E-state index contributed by atoms with van der Waals surface area (Å²) in [5, 5.41) is 0.703. The van der Waals surface area contributed by atoms with Crippen LogP contribution in [-0.4, -0.2) is 49.7 Å². The molecule has 0 N–H and O–H groups in total. The molecule has 0 spiro atoms. The summed E-state index contributed by atoms with van der Waals surface area (Å²) in [6, 6.07) is 4.95. The molecule has 1 aromatic heterocycles. The van der Waals surface area contributed by atoms with Crippen molar-refractivity contribution in [2.24, 2.45) is 5.92 Å². The van der Waals surface area contributed by atoms with Gasteiger partial charge < -0.3 is 9.32 Å². The highest BCUT2D eigenvalue weighted by molar-refractivity contribution is 7.89. The third kappa shape index (κ3) is 3.94. The van der Waals surface area contributed by atoms with Gasteiger partial charge in [0.2, 0.25) is 10.0 Å². The van der Waals surface area contributed by atoms with Crippen molar-refractivity contribution < 1.29 is 17.6 Å². The molecule has 2 saturated heterocycles. The van der Waals surface area contributed by atoms with E-state index in [2.05, 4.69) is 6.92 Å². The number of hydrogen-bond acceptors (Lipinski definition) is 4. The lowest BCUT2D eigenvalue weighted by Gasteiger charge is -2.30. The zero-order valence-electron chi connectivity index (χ0n) is 17.3. The molecule has 7 heteroatoms. The van der Waals surface area contributed by atoms with Gasteiger partial charge in [0.05, 0.1) is 4.90 Å². The van der Waals surface area contributed by atoms with Gasteiger partial charge in [0.1, 0.15) is 5.58 Å². The second kappa shape index (κ2) is 8.11. The molecule has 2 fully saturated rings. The molecule has 158 valence electrons. The van der Waals surface area contributed by atoms with Crippen molar-refractivity contribution >= 4 is 26.9 Å². The number of rotatable bonds is 3. The predicted octanol–water partition coefficient (Wildman–Crippen LogP) is 4.18. The van der Waals surface area contributed by atoms with Crippen molar-refractivity contribution in [1.29, 1.82) is 0 Å².